The van der Waals surface area contributed by atoms with Crippen LogP contribution < -0.4 is 0 Å². The molecule has 0 saturated carbocycles. The molecule has 0 bridgehead atoms. The summed E-state index contributed by atoms with van der Waals surface area (Å²) in [7, 11) is 0. The Morgan fingerprint density at radius 3 is 2.35 bits per heavy atom. The van der Waals surface area contributed by atoms with Gasteiger partial charge in [0.2, 0.25) is 0 Å². The molecule has 0 N–H and O–H groups in total. The fraction of sp³-hybridized carbons (Fsp3) is 0.167. The number of hydrogen-bond donors (Lipinski definition) is 0. The number of benzene rings is 1. The lowest BCUT2D eigenvalue weighted by molar-refractivity contribution is 0.559. The molecule has 17 heavy (non-hydrogen) atoms. The number of rotatable bonds is 2. The van der Waals surface area contributed by atoms with Gasteiger partial charge in [-0.05, 0) is 46.6 Å². The monoisotopic (exact) mass is 336 g/mol. The second-order valence-corrected chi connectivity index (χ2v) is 6.63. The first-order valence-corrected chi connectivity index (χ1v) is 6.89. The van der Waals surface area contributed by atoms with Crippen LogP contribution in [0.1, 0.15) is 21.4 Å². The van der Waals surface area contributed by atoms with Crippen molar-refractivity contribution in [3.05, 3.63) is 55.7 Å². The average molecular weight is 338 g/mol. The Hall–Kier alpha value is -0.450. The molecule has 0 radical (unpaired) electrons. The van der Waals surface area contributed by atoms with Crippen molar-refractivity contribution in [3.8, 4) is 0 Å². The van der Waals surface area contributed by atoms with E-state index in [9.17, 15) is 8.78 Å². The van der Waals surface area contributed by atoms with Crippen LogP contribution in [0.25, 0.3) is 0 Å². The fourth-order valence-electron chi connectivity index (χ4n) is 1.62. The lowest BCUT2D eigenvalue weighted by Gasteiger charge is -2.11. The molecule has 1 atom stereocenters. The Balaban J connectivity index is 2.51. The molecule has 0 fully saturated rings. The van der Waals surface area contributed by atoms with Gasteiger partial charge in [0, 0.05) is 10.4 Å². The number of alkyl halides is 1. The van der Waals surface area contributed by atoms with Crippen molar-refractivity contribution >= 4 is 38.9 Å². The molecule has 0 saturated heterocycles. The normalized spacial score (nSPS) is 12.8. The van der Waals surface area contributed by atoms with Crippen molar-refractivity contribution in [2.45, 2.75) is 12.3 Å². The lowest BCUT2D eigenvalue weighted by atomic mass is 10.0. The van der Waals surface area contributed by atoms with Gasteiger partial charge in [-0.25, -0.2) is 8.78 Å². The molecule has 90 valence electrons. The molecule has 5 heteroatoms. The molecular formula is C12H8BrClF2S. The summed E-state index contributed by atoms with van der Waals surface area (Å²) in [6.45, 7) is 1.87. The first-order chi connectivity index (χ1) is 8.00. The standard InChI is InChI=1S/C12H8BrClF2S/c1-6-7(5-10(13)17-6)12(14)11-8(15)3-2-4-9(11)16/h2-5,12H,1H3. The summed E-state index contributed by atoms with van der Waals surface area (Å²) in [5.74, 6) is -1.24. The number of aryl methyl sites for hydroxylation is 1. The van der Waals surface area contributed by atoms with E-state index in [1.165, 1.54) is 29.5 Å². The summed E-state index contributed by atoms with van der Waals surface area (Å²) in [5.41, 5.74) is 0.634. The van der Waals surface area contributed by atoms with E-state index in [1.807, 2.05) is 6.92 Å². The molecule has 1 aromatic carbocycles. The maximum absolute atomic E-state index is 13.6. The van der Waals surface area contributed by atoms with Crippen LogP contribution in [-0.2, 0) is 0 Å². The first kappa shape index (κ1) is 13.0. The molecule has 1 heterocycles. The zero-order valence-corrected chi connectivity index (χ0v) is 12.0. The third-order valence-electron chi connectivity index (χ3n) is 2.45. The van der Waals surface area contributed by atoms with Crippen molar-refractivity contribution < 1.29 is 8.78 Å². The minimum atomic E-state index is -0.807. The first-order valence-electron chi connectivity index (χ1n) is 4.84. The van der Waals surface area contributed by atoms with E-state index in [2.05, 4.69) is 15.9 Å². The highest BCUT2D eigenvalue weighted by Gasteiger charge is 2.22. The average Bonchev–Trinajstić information content (AvgIpc) is 2.57. The van der Waals surface area contributed by atoms with Gasteiger partial charge in [0.15, 0.2) is 0 Å². The predicted molar refractivity (Wildman–Crippen MR) is 70.8 cm³/mol. The van der Waals surface area contributed by atoms with Crippen LogP contribution in [0.15, 0.2) is 28.1 Å². The van der Waals surface area contributed by atoms with Crippen molar-refractivity contribution in [2.24, 2.45) is 0 Å². The van der Waals surface area contributed by atoms with Crippen LogP contribution >= 0.6 is 38.9 Å². The maximum atomic E-state index is 13.6. The summed E-state index contributed by atoms with van der Waals surface area (Å²) in [4.78, 5) is 0.944. The Bertz CT molecular complexity index is 533. The zero-order chi connectivity index (χ0) is 12.6. The van der Waals surface area contributed by atoms with Crippen molar-refractivity contribution in [3.63, 3.8) is 0 Å². The van der Waals surface area contributed by atoms with Gasteiger partial charge in [-0.2, -0.15) is 0 Å². The Morgan fingerprint density at radius 2 is 1.88 bits per heavy atom. The number of halogens is 4. The van der Waals surface area contributed by atoms with Crippen molar-refractivity contribution in [1.29, 1.82) is 0 Å². The third kappa shape index (κ3) is 2.54. The molecule has 0 aliphatic carbocycles. The Labute approximate surface area is 115 Å². The molecule has 1 unspecified atom stereocenters. The Morgan fingerprint density at radius 1 is 1.29 bits per heavy atom. The van der Waals surface area contributed by atoms with Gasteiger partial charge >= 0.3 is 0 Å². The highest BCUT2D eigenvalue weighted by Crippen LogP contribution is 2.39. The van der Waals surface area contributed by atoms with Gasteiger partial charge in [-0.3, -0.25) is 0 Å². The Kier molecular flexibility index (Phi) is 3.85. The van der Waals surface area contributed by atoms with E-state index in [0.717, 1.165) is 14.2 Å². The molecule has 0 aliphatic rings. The second-order valence-electron chi connectivity index (χ2n) is 3.56. The third-order valence-corrected chi connectivity index (χ3v) is 4.47. The predicted octanol–water partition coefficient (Wildman–Crippen LogP) is 5.43. The van der Waals surface area contributed by atoms with Crippen LogP contribution in [0, 0.1) is 18.6 Å². The van der Waals surface area contributed by atoms with Crippen LogP contribution in [0.2, 0.25) is 0 Å². The van der Waals surface area contributed by atoms with Crippen molar-refractivity contribution in [2.75, 3.05) is 0 Å². The van der Waals surface area contributed by atoms with Gasteiger partial charge in [-0.15, -0.1) is 22.9 Å². The van der Waals surface area contributed by atoms with Gasteiger partial charge in [-0.1, -0.05) is 6.07 Å². The fourth-order valence-corrected chi connectivity index (χ4v) is 3.87. The number of hydrogen-bond acceptors (Lipinski definition) is 1. The summed E-state index contributed by atoms with van der Waals surface area (Å²) in [6.07, 6.45) is 0. The summed E-state index contributed by atoms with van der Waals surface area (Å²) in [5, 5.41) is -0.807. The molecule has 0 aliphatic heterocycles. The molecule has 1 aromatic heterocycles. The number of thiophene rings is 1. The van der Waals surface area contributed by atoms with Crippen LogP contribution in [0.3, 0.4) is 0 Å². The van der Waals surface area contributed by atoms with E-state index >= 15 is 0 Å². The molecule has 2 rings (SSSR count). The highest BCUT2D eigenvalue weighted by molar-refractivity contribution is 9.11. The van der Waals surface area contributed by atoms with E-state index in [1.54, 1.807) is 6.07 Å². The van der Waals surface area contributed by atoms with Crippen LogP contribution in [-0.4, -0.2) is 0 Å². The molecule has 2 aromatic rings. The van der Waals surface area contributed by atoms with Gasteiger partial charge in [0.05, 0.1) is 9.16 Å². The summed E-state index contributed by atoms with van der Waals surface area (Å²) >= 11 is 11.0. The second kappa shape index (κ2) is 5.04. The smallest absolute Gasteiger partial charge is 0.131 e. The molecule has 0 nitrogen and oxygen atoms in total. The minimum Gasteiger partial charge on any atom is -0.207 e. The molecule has 0 spiro atoms. The van der Waals surface area contributed by atoms with Gasteiger partial charge in [0.1, 0.15) is 11.6 Å². The van der Waals surface area contributed by atoms with E-state index in [-0.39, 0.29) is 5.56 Å². The minimum absolute atomic E-state index is 0.0948. The summed E-state index contributed by atoms with van der Waals surface area (Å²) < 4.78 is 28.1. The van der Waals surface area contributed by atoms with E-state index < -0.39 is 17.0 Å². The van der Waals surface area contributed by atoms with Crippen LogP contribution in [0.5, 0.6) is 0 Å². The molecule has 0 amide bonds. The maximum Gasteiger partial charge on any atom is 0.131 e. The summed E-state index contributed by atoms with van der Waals surface area (Å²) in [6, 6.07) is 5.55. The largest absolute Gasteiger partial charge is 0.207 e. The van der Waals surface area contributed by atoms with E-state index in [0.29, 0.717) is 0 Å². The van der Waals surface area contributed by atoms with E-state index in [4.69, 9.17) is 11.6 Å². The zero-order valence-electron chi connectivity index (χ0n) is 8.81. The van der Waals surface area contributed by atoms with Gasteiger partial charge in [0.25, 0.3) is 0 Å². The topological polar surface area (TPSA) is 0 Å². The van der Waals surface area contributed by atoms with Gasteiger partial charge < -0.3 is 0 Å². The SMILES string of the molecule is Cc1sc(Br)cc1C(Cl)c1c(F)cccc1F. The highest BCUT2D eigenvalue weighted by atomic mass is 79.9. The quantitative estimate of drug-likeness (QED) is 0.641. The lowest BCUT2D eigenvalue weighted by Crippen LogP contribution is -2.00. The van der Waals surface area contributed by atoms with Crippen molar-refractivity contribution in [1.82, 2.24) is 0 Å². The van der Waals surface area contributed by atoms with Crippen LogP contribution in [0.4, 0.5) is 8.78 Å². The molecular weight excluding hydrogens is 330 g/mol.